The Morgan fingerprint density at radius 2 is 1.70 bits per heavy atom. The Bertz CT molecular complexity index is 954. The van der Waals surface area contributed by atoms with Crippen molar-refractivity contribution in [1.29, 1.82) is 0 Å². The molecule has 0 aromatic heterocycles. The minimum Gasteiger partial charge on any atom is -0.368 e. The van der Waals surface area contributed by atoms with Gasteiger partial charge in [-0.15, -0.1) is 0 Å². The third-order valence-electron chi connectivity index (χ3n) is 5.09. The molecule has 0 bridgehead atoms. The number of halogens is 2. The zero-order valence-electron chi connectivity index (χ0n) is 14.5. The molecule has 1 aliphatic heterocycles. The van der Waals surface area contributed by atoms with Gasteiger partial charge in [0.25, 0.3) is 5.78 Å². The first kappa shape index (κ1) is 18.2. The van der Waals surface area contributed by atoms with E-state index in [0.29, 0.717) is 15.7 Å². The third-order valence-corrected chi connectivity index (χ3v) is 5.64. The molecular weight excluding hydrogens is 387 g/mol. The maximum absolute atomic E-state index is 11.5. The lowest BCUT2D eigenvalue weighted by Gasteiger charge is -2.33. The van der Waals surface area contributed by atoms with Crippen LogP contribution in [-0.4, -0.2) is 41.9 Å². The second-order valence-electron chi connectivity index (χ2n) is 6.96. The van der Waals surface area contributed by atoms with Crippen molar-refractivity contribution < 1.29 is 14.4 Å². The Morgan fingerprint density at radius 1 is 1.04 bits per heavy atom. The minimum atomic E-state index is -1.05. The van der Waals surface area contributed by atoms with Crippen LogP contribution >= 0.6 is 23.2 Å². The van der Waals surface area contributed by atoms with Crippen molar-refractivity contribution >= 4 is 46.2 Å². The van der Waals surface area contributed by atoms with Crippen LogP contribution in [-0.2, 0) is 20.9 Å². The molecule has 7 heteroatoms. The van der Waals surface area contributed by atoms with Gasteiger partial charge in [-0.1, -0.05) is 35.3 Å². The largest absolute Gasteiger partial charge is 0.368 e. The van der Waals surface area contributed by atoms with Crippen molar-refractivity contribution in [3.05, 3.63) is 63.1 Å². The summed E-state index contributed by atoms with van der Waals surface area (Å²) < 4.78 is 0. The molecule has 2 aromatic carbocycles. The molecule has 1 saturated carbocycles. The molecule has 4 rings (SSSR count). The van der Waals surface area contributed by atoms with Gasteiger partial charge in [0.15, 0.2) is 6.04 Å². The number of nitrogens with one attached hydrogen (secondary N) is 1. The maximum Gasteiger partial charge on any atom is 0.269 e. The molecule has 0 spiro atoms. The van der Waals surface area contributed by atoms with Gasteiger partial charge in [-0.05, 0) is 48.0 Å². The summed E-state index contributed by atoms with van der Waals surface area (Å²) in [5.41, 5.74) is 3.88. The van der Waals surface area contributed by atoms with E-state index < -0.39 is 23.4 Å². The molecule has 1 atom stereocenters. The van der Waals surface area contributed by atoms with Crippen LogP contribution in [0.3, 0.4) is 0 Å². The van der Waals surface area contributed by atoms with Gasteiger partial charge in [0, 0.05) is 34.7 Å². The SMILES string of the molecule is CN1Cc2c(Cl)cc(Cl)cc2C(c2ccc(NC3C(=O)C(=O)C3=O)cc2)C1. The average molecular weight is 403 g/mol. The van der Waals surface area contributed by atoms with E-state index in [4.69, 9.17) is 23.2 Å². The highest BCUT2D eigenvalue weighted by Crippen LogP contribution is 2.38. The van der Waals surface area contributed by atoms with Crippen LogP contribution in [0.1, 0.15) is 22.6 Å². The second kappa shape index (κ2) is 6.75. The lowest BCUT2D eigenvalue weighted by atomic mass is 9.84. The lowest BCUT2D eigenvalue weighted by molar-refractivity contribution is -0.152. The fourth-order valence-electron chi connectivity index (χ4n) is 3.66. The van der Waals surface area contributed by atoms with E-state index >= 15 is 0 Å². The van der Waals surface area contributed by atoms with Gasteiger partial charge in [-0.3, -0.25) is 14.4 Å². The van der Waals surface area contributed by atoms with E-state index in [2.05, 4.69) is 10.2 Å². The number of fused-ring (bicyclic) bond motifs is 1. The van der Waals surface area contributed by atoms with Crippen molar-refractivity contribution in [2.75, 3.05) is 18.9 Å². The number of benzene rings is 2. The summed E-state index contributed by atoms with van der Waals surface area (Å²) in [5, 5.41) is 4.09. The van der Waals surface area contributed by atoms with Crippen molar-refractivity contribution in [3.63, 3.8) is 0 Å². The monoisotopic (exact) mass is 402 g/mol. The Hall–Kier alpha value is -2.21. The van der Waals surface area contributed by atoms with Crippen molar-refractivity contribution in [1.82, 2.24) is 4.90 Å². The fourth-order valence-corrected chi connectivity index (χ4v) is 4.23. The van der Waals surface area contributed by atoms with E-state index in [0.717, 1.165) is 29.8 Å². The van der Waals surface area contributed by atoms with Crippen LogP contribution in [0.4, 0.5) is 5.69 Å². The first-order chi connectivity index (χ1) is 12.8. The summed E-state index contributed by atoms with van der Waals surface area (Å²) >= 11 is 12.6. The Morgan fingerprint density at radius 3 is 2.37 bits per heavy atom. The van der Waals surface area contributed by atoms with Gasteiger partial charge in [0.05, 0.1) is 0 Å². The number of hydrogen-bond donors (Lipinski definition) is 1. The highest BCUT2D eigenvalue weighted by molar-refractivity contribution is 6.79. The van der Waals surface area contributed by atoms with Crippen LogP contribution in [0.25, 0.3) is 0 Å². The normalized spacial score (nSPS) is 20.4. The highest BCUT2D eigenvalue weighted by atomic mass is 35.5. The smallest absolute Gasteiger partial charge is 0.269 e. The Kier molecular flexibility index (Phi) is 4.54. The van der Waals surface area contributed by atoms with Gasteiger partial charge in [0.1, 0.15) is 0 Å². The molecule has 27 heavy (non-hydrogen) atoms. The molecule has 1 unspecified atom stereocenters. The summed E-state index contributed by atoms with van der Waals surface area (Å²) in [6.07, 6.45) is 0. The number of rotatable bonds is 3. The summed E-state index contributed by atoms with van der Waals surface area (Å²) in [6.45, 7) is 1.59. The number of anilines is 1. The van der Waals surface area contributed by atoms with Crippen molar-refractivity contribution in [2.45, 2.75) is 18.5 Å². The highest BCUT2D eigenvalue weighted by Gasteiger charge is 2.48. The van der Waals surface area contributed by atoms with Gasteiger partial charge < -0.3 is 10.2 Å². The third kappa shape index (κ3) is 3.16. The van der Waals surface area contributed by atoms with Gasteiger partial charge in [-0.25, -0.2) is 0 Å². The zero-order chi connectivity index (χ0) is 19.3. The minimum absolute atomic E-state index is 0.109. The topological polar surface area (TPSA) is 66.5 Å². The molecule has 5 nitrogen and oxygen atoms in total. The van der Waals surface area contributed by atoms with Gasteiger partial charge >= 0.3 is 0 Å². The predicted molar refractivity (Wildman–Crippen MR) is 104 cm³/mol. The summed E-state index contributed by atoms with van der Waals surface area (Å²) in [5.74, 6) is -2.19. The van der Waals surface area contributed by atoms with Crippen LogP contribution in [0.15, 0.2) is 36.4 Å². The number of hydrogen-bond acceptors (Lipinski definition) is 5. The second-order valence-corrected chi connectivity index (χ2v) is 7.81. The number of ketones is 3. The molecule has 1 fully saturated rings. The standard InChI is InChI=1S/C20H16Cl2N2O3/c1-24-8-14(13-6-11(21)7-16(22)15(13)9-24)10-2-4-12(5-3-10)23-17-18(25)20(27)19(17)26/h2-7,14,17,23H,8-9H2,1H3. The van der Waals surface area contributed by atoms with Crippen LogP contribution in [0.2, 0.25) is 10.0 Å². The average Bonchev–Trinajstić information content (AvgIpc) is 2.66. The van der Waals surface area contributed by atoms with Crippen molar-refractivity contribution in [2.24, 2.45) is 0 Å². The zero-order valence-corrected chi connectivity index (χ0v) is 16.0. The van der Waals surface area contributed by atoms with E-state index in [1.807, 2.05) is 25.2 Å². The Labute approximate surface area is 166 Å². The summed E-state index contributed by atoms with van der Waals surface area (Å²) in [6, 6.07) is 10.2. The molecule has 1 aliphatic carbocycles. The molecule has 0 radical (unpaired) electrons. The number of likely N-dealkylation sites (N-methyl/N-ethyl adjacent to an activating group) is 1. The van der Waals surface area contributed by atoms with E-state index in [9.17, 15) is 14.4 Å². The quantitative estimate of drug-likeness (QED) is 0.631. The molecule has 0 amide bonds. The molecule has 2 aliphatic rings. The lowest BCUT2D eigenvalue weighted by Crippen LogP contribution is -2.57. The van der Waals surface area contributed by atoms with Crippen molar-refractivity contribution in [3.8, 4) is 0 Å². The molecule has 1 heterocycles. The van der Waals surface area contributed by atoms with Crippen LogP contribution in [0, 0.1) is 0 Å². The van der Waals surface area contributed by atoms with Gasteiger partial charge in [0.2, 0.25) is 11.6 Å². The predicted octanol–water partition coefficient (Wildman–Crippen LogP) is 3.07. The first-order valence-electron chi connectivity index (χ1n) is 8.50. The summed E-state index contributed by atoms with van der Waals surface area (Å²) in [7, 11) is 2.04. The van der Waals surface area contributed by atoms with Gasteiger partial charge in [-0.2, -0.15) is 0 Å². The first-order valence-corrected chi connectivity index (χ1v) is 9.26. The number of Topliss-reactive ketones (excluding diaryl/α,β-unsaturated/α-hetero) is 3. The number of carbonyl (C=O) groups excluding carboxylic acids is 3. The van der Waals surface area contributed by atoms with E-state index in [-0.39, 0.29) is 5.92 Å². The van der Waals surface area contributed by atoms with Crippen LogP contribution < -0.4 is 5.32 Å². The van der Waals surface area contributed by atoms with Crippen LogP contribution in [0.5, 0.6) is 0 Å². The molecule has 1 N–H and O–H groups in total. The summed E-state index contributed by atoms with van der Waals surface area (Å²) in [4.78, 5) is 36.2. The maximum atomic E-state index is 11.5. The van der Waals surface area contributed by atoms with E-state index in [1.165, 1.54) is 0 Å². The molecule has 2 aromatic rings. The molecule has 138 valence electrons. The number of nitrogens with zero attached hydrogens (tertiary/aromatic N) is 1. The van der Waals surface area contributed by atoms with E-state index in [1.54, 1.807) is 18.2 Å². The fraction of sp³-hybridized carbons (Fsp3) is 0.250. The Balaban J connectivity index is 1.61. The molecule has 0 saturated heterocycles. The number of carbonyl (C=O) groups is 3. The molecular formula is C20H16Cl2N2O3.